The van der Waals surface area contributed by atoms with Gasteiger partial charge in [0.25, 0.3) is 0 Å². The number of rotatable bonds is 3. The van der Waals surface area contributed by atoms with Crippen LogP contribution in [0.15, 0.2) is 24.3 Å². The van der Waals surface area contributed by atoms with Gasteiger partial charge in [0, 0.05) is 6.42 Å². The van der Waals surface area contributed by atoms with E-state index < -0.39 is 12.1 Å². The van der Waals surface area contributed by atoms with Crippen molar-refractivity contribution in [1.29, 1.82) is 0 Å². The highest BCUT2D eigenvalue weighted by atomic mass is 16.5. The zero-order chi connectivity index (χ0) is 10.6. The summed E-state index contributed by atoms with van der Waals surface area (Å²) in [6, 6.07) is 7.64. The summed E-state index contributed by atoms with van der Waals surface area (Å²) in [6.07, 6.45) is -0.764. The van der Waals surface area contributed by atoms with Gasteiger partial charge in [-0.05, 0) is 18.1 Å². The van der Waals surface area contributed by atoms with Gasteiger partial charge in [-0.2, -0.15) is 0 Å². The molecule has 0 saturated heterocycles. The monoisotopic (exact) mass is 194 g/mol. The van der Waals surface area contributed by atoms with Gasteiger partial charge in [0.05, 0.1) is 7.11 Å². The van der Waals surface area contributed by atoms with Gasteiger partial charge < -0.3 is 9.84 Å². The van der Waals surface area contributed by atoms with Crippen molar-refractivity contribution in [3.8, 4) is 0 Å². The molecule has 76 valence electrons. The Kier molecular flexibility index (Phi) is 3.65. The molecule has 0 aliphatic rings. The quantitative estimate of drug-likeness (QED) is 0.732. The summed E-state index contributed by atoms with van der Waals surface area (Å²) in [6.45, 7) is 1.94. The minimum Gasteiger partial charge on any atom is -0.467 e. The molecule has 14 heavy (non-hydrogen) atoms. The molecule has 0 aliphatic carbocycles. The lowest BCUT2D eigenvalue weighted by atomic mass is 10.0. The van der Waals surface area contributed by atoms with Crippen LogP contribution in [-0.2, 0) is 16.0 Å². The molecule has 0 amide bonds. The Morgan fingerprint density at radius 3 is 2.71 bits per heavy atom. The molecule has 1 rings (SSSR count). The van der Waals surface area contributed by atoms with E-state index in [1.807, 2.05) is 31.2 Å². The van der Waals surface area contributed by atoms with E-state index in [1.54, 1.807) is 0 Å². The topological polar surface area (TPSA) is 46.5 Å². The highest BCUT2D eigenvalue weighted by molar-refractivity contribution is 5.74. The Morgan fingerprint density at radius 1 is 1.50 bits per heavy atom. The van der Waals surface area contributed by atoms with E-state index in [0.29, 0.717) is 6.42 Å². The van der Waals surface area contributed by atoms with Crippen LogP contribution in [-0.4, -0.2) is 24.3 Å². The number of aliphatic hydroxyl groups excluding tert-OH is 1. The molecule has 0 heterocycles. The molecular formula is C11H14O3. The largest absolute Gasteiger partial charge is 0.467 e. The van der Waals surface area contributed by atoms with Crippen LogP contribution in [0.25, 0.3) is 0 Å². The fraction of sp³-hybridized carbons (Fsp3) is 0.364. The van der Waals surface area contributed by atoms with E-state index in [1.165, 1.54) is 7.11 Å². The van der Waals surface area contributed by atoms with Crippen LogP contribution in [0.2, 0.25) is 0 Å². The van der Waals surface area contributed by atoms with Crippen molar-refractivity contribution in [1.82, 2.24) is 0 Å². The third kappa shape index (κ3) is 2.57. The van der Waals surface area contributed by atoms with E-state index in [0.717, 1.165) is 11.1 Å². The number of aryl methyl sites for hydroxylation is 1. The number of methoxy groups -OCH3 is 1. The maximum absolute atomic E-state index is 11.0. The fourth-order valence-electron chi connectivity index (χ4n) is 1.27. The zero-order valence-electron chi connectivity index (χ0n) is 8.36. The molecule has 0 fully saturated rings. The van der Waals surface area contributed by atoms with E-state index in [2.05, 4.69) is 4.74 Å². The normalized spacial score (nSPS) is 12.2. The van der Waals surface area contributed by atoms with Crippen molar-refractivity contribution >= 4 is 5.97 Å². The third-order valence-corrected chi connectivity index (χ3v) is 2.15. The summed E-state index contributed by atoms with van der Waals surface area (Å²) >= 11 is 0. The number of aliphatic hydroxyl groups is 1. The number of hydrogen-bond acceptors (Lipinski definition) is 3. The number of benzene rings is 1. The van der Waals surface area contributed by atoms with Crippen molar-refractivity contribution in [3.05, 3.63) is 35.4 Å². The molecule has 1 aromatic rings. The van der Waals surface area contributed by atoms with E-state index >= 15 is 0 Å². The van der Waals surface area contributed by atoms with E-state index in [9.17, 15) is 9.90 Å². The summed E-state index contributed by atoms with van der Waals surface area (Å²) in [5.41, 5.74) is 2.03. The van der Waals surface area contributed by atoms with Crippen LogP contribution in [0.1, 0.15) is 11.1 Å². The Balaban J connectivity index is 2.69. The number of esters is 1. The first-order chi connectivity index (χ1) is 6.65. The smallest absolute Gasteiger partial charge is 0.335 e. The van der Waals surface area contributed by atoms with Gasteiger partial charge >= 0.3 is 5.97 Å². The zero-order valence-corrected chi connectivity index (χ0v) is 8.36. The Morgan fingerprint density at radius 2 is 2.14 bits per heavy atom. The average molecular weight is 194 g/mol. The second kappa shape index (κ2) is 4.77. The highest BCUT2D eigenvalue weighted by Gasteiger charge is 2.16. The van der Waals surface area contributed by atoms with Crippen LogP contribution in [0.3, 0.4) is 0 Å². The van der Waals surface area contributed by atoms with Gasteiger partial charge in [0.2, 0.25) is 0 Å². The second-order valence-corrected chi connectivity index (χ2v) is 3.17. The molecule has 0 unspecified atom stereocenters. The lowest BCUT2D eigenvalue weighted by Gasteiger charge is -2.09. The van der Waals surface area contributed by atoms with Gasteiger partial charge in [-0.25, -0.2) is 4.79 Å². The summed E-state index contributed by atoms with van der Waals surface area (Å²) in [4.78, 5) is 11.0. The summed E-state index contributed by atoms with van der Waals surface area (Å²) < 4.78 is 4.44. The lowest BCUT2D eigenvalue weighted by molar-refractivity contribution is -0.150. The number of carbonyl (C=O) groups is 1. The van der Waals surface area contributed by atoms with Crippen LogP contribution in [0, 0.1) is 6.92 Å². The molecule has 3 nitrogen and oxygen atoms in total. The minimum atomic E-state index is -1.07. The first kappa shape index (κ1) is 10.7. The molecule has 0 bridgehead atoms. The minimum absolute atomic E-state index is 0.305. The molecule has 0 aliphatic heterocycles. The molecule has 1 N–H and O–H groups in total. The van der Waals surface area contributed by atoms with Crippen molar-refractivity contribution in [2.45, 2.75) is 19.4 Å². The molecular weight excluding hydrogens is 180 g/mol. The predicted octanol–water partition coefficient (Wildman–Crippen LogP) is 1.07. The van der Waals surface area contributed by atoms with Crippen LogP contribution >= 0.6 is 0 Å². The maximum Gasteiger partial charge on any atom is 0.335 e. The van der Waals surface area contributed by atoms with Crippen molar-refractivity contribution < 1.29 is 14.6 Å². The van der Waals surface area contributed by atoms with Gasteiger partial charge in [-0.3, -0.25) is 0 Å². The third-order valence-electron chi connectivity index (χ3n) is 2.15. The predicted molar refractivity (Wildman–Crippen MR) is 52.9 cm³/mol. The molecule has 1 atom stereocenters. The van der Waals surface area contributed by atoms with Gasteiger partial charge in [0.15, 0.2) is 6.10 Å². The Bertz CT molecular complexity index is 320. The van der Waals surface area contributed by atoms with Crippen molar-refractivity contribution in [2.24, 2.45) is 0 Å². The van der Waals surface area contributed by atoms with Crippen LogP contribution in [0.5, 0.6) is 0 Å². The molecule has 1 aromatic carbocycles. The summed E-state index contributed by atoms with van der Waals surface area (Å²) in [5, 5.41) is 9.42. The SMILES string of the molecule is COC(=O)[C@H](O)Cc1ccccc1C. The fourth-order valence-corrected chi connectivity index (χ4v) is 1.27. The van der Waals surface area contributed by atoms with E-state index in [-0.39, 0.29) is 0 Å². The average Bonchev–Trinajstić information content (AvgIpc) is 2.20. The van der Waals surface area contributed by atoms with Crippen molar-refractivity contribution in [2.75, 3.05) is 7.11 Å². The standard InChI is InChI=1S/C11H14O3/c1-8-5-3-4-6-9(8)7-10(12)11(13)14-2/h3-6,10,12H,7H2,1-2H3/t10-/m1/s1. The summed E-state index contributed by atoms with van der Waals surface area (Å²) in [5.74, 6) is -0.590. The number of carbonyl (C=O) groups excluding carboxylic acids is 1. The number of ether oxygens (including phenoxy) is 1. The first-order valence-electron chi connectivity index (χ1n) is 4.45. The van der Waals surface area contributed by atoms with Crippen molar-refractivity contribution in [3.63, 3.8) is 0 Å². The van der Waals surface area contributed by atoms with Crippen LogP contribution < -0.4 is 0 Å². The van der Waals surface area contributed by atoms with Gasteiger partial charge in [-0.1, -0.05) is 24.3 Å². The van der Waals surface area contributed by atoms with Gasteiger partial charge in [0.1, 0.15) is 0 Å². The Hall–Kier alpha value is -1.35. The molecule has 0 saturated carbocycles. The Labute approximate surface area is 83.3 Å². The van der Waals surface area contributed by atoms with Gasteiger partial charge in [-0.15, -0.1) is 0 Å². The van der Waals surface area contributed by atoms with Crippen LogP contribution in [0.4, 0.5) is 0 Å². The first-order valence-corrected chi connectivity index (χ1v) is 4.45. The maximum atomic E-state index is 11.0. The molecule has 0 aromatic heterocycles. The number of hydrogen-bond donors (Lipinski definition) is 1. The second-order valence-electron chi connectivity index (χ2n) is 3.17. The molecule has 0 radical (unpaired) electrons. The highest BCUT2D eigenvalue weighted by Crippen LogP contribution is 2.10. The molecule has 3 heteroatoms. The molecule has 0 spiro atoms. The van der Waals surface area contributed by atoms with E-state index in [4.69, 9.17) is 0 Å². The summed E-state index contributed by atoms with van der Waals surface area (Å²) in [7, 11) is 1.27. The lowest BCUT2D eigenvalue weighted by Crippen LogP contribution is -2.24.